The number of carbonyl (C=O) groups is 1. The fourth-order valence-electron chi connectivity index (χ4n) is 3.78. The second-order valence-electron chi connectivity index (χ2n) is 8.12. The predicted octanol–water partition coefficient (Wildman–Crippen LogP) is 6.90. The van der Waals surface area contributed by atoms with Gasteiger partial charge in [0.25, 0.3) is 5.91 Å². The van der Waals surface area contributed by atoms with Gasteiger partial charge in [0.15, 0.2) is 0 Å². The fraction of sp³-hybridized carbons (Fsp3) is 0.0333. The zero-order valence-corrected chi connectivity index (χ0v) is 20.0. The lowest BCUT2D eigenvalue weighted by Gasteiger charge is -2.09. The van der Waals surface area contributed by atoms with Gasteiger partial charge in [0.2, 0.25) is 0 Å². The molecular weight excluding hydrogens is 470 g/mol. The molecule has 5 aromatic rings. The van der Waals surface area contributed by atoms with Gasteiger partial charge in [-0.2, -0.15) is 5.10 Å². The lowest BCUT2D eigenvalue weighted by atomic mass is 10.0. The first-order chi connectivity index (χ1) is 17.7. The van der Waals surface area contributed by atoms with Gasteiger partial charge in [-0.05, 0) is 47.5 Å². The molecular formula is C30H22ClN3O2. The SMILES string of the molecule is O=C(N/N=C\c1cccc(OCc2ccc(Cl)cc2)c1)c1cc(-c2ccccc2)nc2ccccc12. The number of nitrogens with one attached hydrogen (secondary N) is 1. The molecule has 0 spiro atoms. The Kier molecular flexibility index (Phi) is 7.01. The molecule has 0 radical (unpaired) electrons. The van der Waals surface area contributed by atoms with Crippen molar-refractivity contribution in [3.05, 3.63) is 131 Å². The van der Waals surface area contributed by atoms with E-state index in [9.17, 15) is 4.79 Å². The topological polar surface area (TPSA) is 63.6 Å². The van der Waals surface area contributed by atoms with E-state index in [1.165, 1.54) is 0 Å². The van der Waals surface area contributed by atoms with Crippen LogP contribution in [0.2, 0.25) is 5.02 Å². The van der Waals surface area contributed by atoms with Gasteiger partial charge in [-0.1, -0.05) is 84.4 Å². The molecule has 0 aliphatic carbocycles. The van der Waals surface area contributed by atoms with Crippen LogP contribution >= 0.6 is 11.6 Å². The summed E-state index contributed by atoms with van der Waals surface area (Å²) in [6.45, 7) is 0.424. The van der Waals surface area contributed by atoms with Crippen LogP contribution < -0.4 is 10.2 Å². The maximum Gasteiger partial charge on any atom is 0.272 e. The molecule has 0 aliphatic rings. The van der Waals surface area contributed by atoms with Crippen LogP contribution in [0.15, 0.2) is 114 Å². The largest absolute Gasteiger partial charge is 0.489 e. The first kappa shape index (κ1) is 23.3. The standard InChI is InChI=1S/C30H22ClN3O2/c31-24-15-13-21(14-16-24)20-36-25-10-6-7-22(17-25)19-32-34-30(35)27-18-29(23-8-2-1-3-9-23)33-28-12-5-4-11-26(27)28/h1-19H,20H2,(H,34,35)/b32-19-. The van der Waals surface area contributed by atoms with Gasteiger partial charge >= 0.3 is 0 Å². The van der Waals surface area contributed by atoms with Gasteiger partial charge in [-0.15, -0.1) is 0 Å². The summed E-state index contributed by atoms with van der Waals surface area (Å²) in [6, 6.07) is 34.2. The Morgan fingerprint density at radius 3 is 2.50 bits per heavy atom. The first-order valence-electron chi connectivity index (χ1n) is 11.4. The Balaban J connectivity index is 1.31. The van der Waals surface area contributed by atoms with Gasteiger partial charge in [0, 0.05) is 16.0 Å². The molecule has 0 unspecified atom stereocenters. The molecule has 0 bridgehead atoms. The number of ether oxygens (including phenoxy) is 1. The Labute approximate surface area is 214 Å². The summed E-state index contributed by atoms with van der Waals surface area (Å²) in [5, 5.41) is 5.64. The van der Waals surface area contributed by atoms with Crippen LogP contribution in [0.5, 0.6) is 5.75 Å². The van der Waals surface area contributed by atoms with E-state index in [1.807, 2.05) is 103 Å². The fourth-order valence-corrected chi connectivity index (χ4v) is 3.90. The summed E-state index contributed by atoms with van der Waals surface area (Å²) < 4.78 is 5.87. The molecule has 176 valence electrons. The van der Waals surface area contributed by atoms with Crippen LogP contribution in [0.1, 0.15) is 21.5 Å². The summed E-state index contributed by atoms with van der Waals surface area (Å²) in [5.41, 5.74) is 7.40. The highest BCUT2D eigenvalue weighted by molar-refractivity contribution is 6.30. The van der Waals surface area contributed by atoms with Crippen molar-refractivity contribution in [3.63, 3.8) is 0 Å². The number of amides is 1. The van der Waals surface area contributed by atoms with E-state index < -0.39 is 0 Å². The summed E-state index contributed by atoms with van der Waals surface area (Å²) in [7, 11) is 0. The number of pyridine rings is 1. The predicted molar refractivity (Wildman–Crippen MR) is 144 cm³/mol. The molecule has 0 fully saturated rings. The number of carbonyl (C=O) groups excluding carboxylic acids is 1. The molecule has 0 aliphatic heterocycles. The first-order valence-corrected chi connectivity index (χ1v) is 11.8. The van der Waals surface area contributed by atoms with Crippen LogP contribution in [0.4, 0.5) is 0 Å². The number of para-hydroxylation sites is 1. The second-order valence-corrected chi connectivity index (χ2v) is 8.56. The van der Waals surface area contributed by atoms with Crippen LogP contribution in [0.3, 0.4) is 0 Å². The molecule has 0 atom stereocenters. The van der Waals surface area contributed by atoms with E-state index >= 15 is 0 Å². The van der Waals surface area contributed by atoms with Crippen molar-refractivity contribution in [2.45, 2.75) is 6.61 Å². The highest BCUT2D eigenvalue weighted by Crippen LogP contribution is 2.25. The van der Waals surface area contributed by atoms with Crippen LogP contribution in [0.25, 0.3) is 22.2 Å². The Morgan fingerprint density at radius 1 is 0.889 bits per heavy atom. The maximum atomic E-state index is 13.1. The van der Waals surface area contributed by atoms with E-state index in [0.29, 0.717) is 22.9 Å². The molecule has 0 saturated carbocycles. The second kappa shape index (κ2) is 10.8. The van der Waals surface area contributed by atoms with Gasteiger partial charge in [0.05, 0.1) is 23.0 Å². The monoisotopic (exact) mass is 491 g/mol. The van der Waals surface area contributed by atoms with E-state index in [0.717, 1.165) is 33.3 Å². The van der Waals surface area contributed by atoms with Gasteiger partial charge in [-0.3, -0.25) is 4.79 Å². The number of aromatic nitrogens is 1. The Hall–Kier alpha value is -4.48. The maximum absolute atomic E-state index is 13.1. The normalized spacial score (nSPS) is 11.0. The number of nitrogens with zero attached hydrogens (tertiary/aromatic N) is 2. The molecule has 1 aromatic heterocycles. The third-order valence-electron chi connectivity index (χ3n) is 5.59. The summed E-state index contributed by atoms with van der Waals surface area (Å²) in [4.78, 5) is 17.8. The van der Waals surface area contributed by atoms with Gasteiger partial charge < -0.3 is 4.74 Å². The minimum Gasteiger partial charge on any atom is -0.489 e. The molecule has 4 aromatic carbocycles. The highest BCUT2D eigenvalue weighted by Gasteiger charge is 2.13. The smallest absolute Gasteiger partial charge is 0.272 e. The van der Waals surface area contributed by atoms with E-state index in [1.54, 1.807) is 12.3 Å². The summed E-state index contributed by atoms with van der Waals surface area (Å²) >= 11 is 5.94. The average Bonchev–Trinajstić information content (AvgIpc) is 2.93. The molecule has 0 saturated heterocycles. The van der Waals surface area contributed by atoms with Crippen LogP contribution in [-0.4, -0.2) is 17.1 Å². The zero-order valence-electron chi connectivity index (χ0n) is 19.3. The van der Waals surface area contributed by atoms with Crippen LogP contribution in [-0.2, 0) is 6.61 Å². The third-order valence-corrected chi connectivity index (χ3v) is 5.84. The number of rotatable bonds is 7. The number of benzene rings is 4. The summed E-state index contributed by atoms with van der Waals surface area (Å²) in [5.74, 6) is 0.394. The molecule has 6 heteroatoms. The van der Waals surface area contributed by atoms with Gasteiger partial charge in [-0.25, -0.2) is 10.4 Å². The summed E-state index contributed by atoms with van der Waals surface area (Å²) in [6.07, 6.45) is 1.59. The molecule has 5 rings (SSSR count). The van der Waals surface area contributed by atoms with E-state index in [-0.39, 0.29) is 5.91 Å². The van der Waals surface area contributed by atoms with Crippen molar-refractivity contribution in [2.24, 2.45) is 5.10 Å². The molecule has 1 N–H and O–H groups in total. The minimum atomic E-state index is -0.308. The number of hydrazone groups is 1. The Morgan fingerprint density at radius 2 is 1.67 bits per heavy atom. The number of hydrogen-bond acceptors (Lipinski definition) is 4. The van der Waals surface area contributed by atoms with Gasteiger partial charge in [0.1, 0.15) is 12.4 Å². The van der Waals surface area contributed by atoms with Crippen molar-refractivity contribution in [1.29, 1.82) is 0 Å². The van der Waals surface area contributed by atoms with E-state index in [4.69, 9.17) is 21.3 Å². The Bertz CT molecular complexity index is 1530. The molecule has 1 heterocycles. The lowest BCUT2D eigenvalue weighted by molar-refractivity contribution is 0.0956. The van der Waals surface area contributed by atoms with Crippen molar-refractivity contribution in [3.8, 4) is 17.0 Å². The average molecular weight is 492 g/mol. The lowest BCUT2D eigenvalue weighted by Crippen LogP contribution is -2.18. The molecule has 5 nitrogen and oxygen atoms in total. The zero-order chi connectivity index (χ0) is 24.7. The van der Waals surface area contributed by atoms with Crippen molar-refractivity contribution < 1.29 is 9.53 Å². The minimum absolute atomic E-state index is 0.308. The van der Waals surface area contributed by atoms with Crippen molar-refractivity contribution in [2.75, 3.05) is 0 Å². The van der Waals surface area contributed by atoms with Crippen LogP contribution in [0, 0.1) is 0 Å². The molecule has 1 amide bonds. The number of halogens is 1. The number of fused-ring (bicyclic) bond motifs is 1. The van der Waals surface area contributed by atoms with Crippen molar-refractivity contribution >= 4 is 34.6 Å². The number of hydrogen-bond donors (Lipinski definition) is 1. The molecule has 36 heavy (non-hydrogen) atoms. The quantitative estimate of drug-likeness (QED) is 0.199. The van der Waals surface area contributed by atoms with E-state index in [2.05, 4.69) is 10.5 Å². The van der Waals surface area contributed by atoms with Crippen molar-refractivity contribution in [1.82, 2.24) is 10.4 Å². The highest BCUT2D eigenvalue weighted by atomic mass is 35.5. The third kappa shape index (κ3) is 5.59.